The number of halogens is 1. The number of nitrogens with one attached hydrogen (secondary N) is 2. The molecule has 0 bridgehead atoms. The number of hydrogen-bond acceptors (Lipinski definition) is 3. The maximum absolute atomic E-state index is 11.9. The lowest BCUT2D eigenvalue weighted by molar-refractivity contribution is -0.136. The molecule has 0 fully saturated rings. The normalized spacial score (nSPS) is 11.6. The second-order valence-corrected chi connectivity index (χ2v) is 5.72. The van der Waals surface area contributed by atoms with Gasteiger partial charge in [0.1, 0.15) is 0 Å². The molecular formula is C18H19ClN2O3. The quantitative estimate of drug-likeness (QED) is 0.728. The SMILES string of the molecule is CCc1cccc(NC(=O)C(=O)NCC(O)c2ccc(Cl)cc2)c1. The average molecular weight is 347 g/mol. The highest BCUT2D eigenvalue weighted by molar-refractivity contribution is 6.39. The van der Waals surface area contributed by atoms with Gasteiger partial charge in [0.2, 0.25) is 0 Å². The van der Waals surface area contributed by atoms with Gasteiger partial charge in [-0.1, -0.05) is 42.8 Å². The molecule has 2 amide bonds. The van der Waals surface area contributed by atoms with Crippen molar-refractivity contribution in [3.63, 3.8) is 0 Å². The van der Waals surface area contributed by atoms with Gasteiger partial charge in [-0.05, 0) is 41.8 Å². The Morgan fingerprint density at radius 3 is 2.50 bits per heavy atom. The first-order valence-electron chi connectivity index (χ1n) is 7.61. The van der Waals surface area contributed by atoms with E-state index < -0.39 is 17.9 Å². The lowest BCUT2D eigenvalue weighted by atomic mass is 10.1. The lowest BCUT2D eigenvalue weighted by Gasteiger charge is -2.12. The van der Waals surface area contributed by atoms with Gasteiger partial charge >= 0.3 is 11.8 Å². The summed E-state index contributed by atoms with van der Waals surface area (Å²) < 4.78 is 0. The van der Waals surface area contributed by atoms with Crippen molar-refractivity contribution in [1.82, 2.24) is 5.32 Å². The largest absolute Gasteiger partial charge is 0.387 e. The van der Waals surface area contributed by atoms with Crippen LogP contribution >= 0.6 is 11.6 Å². The predicted octanol–water partition coefficient (Wildman–Crippen LogP) is 2.69. The zero-order valence-corrected chi connectivity index (χ0v) is 14.0. The fraction of sp³-hybridized carbons (Fsp3) is 0.222. The molecule has 6 heteroatoms. The molecule has 0 aliphatic heterocycles. The highest BCUT2D eigenvalue weighted by atomic mass is 35.5. The van der Waals surface area contributed by atoms with Crippen molar-refractivity contribution in [3.05, 3.63) is 64.7 Å². The monoisotopic (exact) mass is 346 g/mol. The smallest absolute Gasteiger partial charge is 0.313 e. The third-order valence-electron chi connectivity index (χ3n) is 3.51. The van der Waals surface area contributed by atoms with Crippen LogP contribution in [0.4, 0.5) is 5.69 Å². The first kappa shape index (κ1) is 18.0. The highest BCUT2D eigenvalue weighted by Gasteiger charge is 2.16. The van der Waals surface area contributed by atoms with Crippen LogP contribution in [0.3, 0.4) is 0 Å². The summed E-state index contributed by atoms with van der Waals surface area (Å²) in [6, 6.07) is 13.9. The predicted molar refractivity (Wildman–Crippen MR) is 93.9 cm³/mol. The minimum atomic E-state index is -0.914. The lowest BCUT2D eigenvalue weighted by Crippen LogP contribution is -2.37. The number of aliphatic hydroxyl groups is 1. The van der Waals surface area contributed by atoms with Gasteiger partial charge in [0.25, 0.3) is 0 Å². The highest BCUT2D eigenvalue weighted by Crippen LogP contribution is 2.15. The van der Waals surface area contributed by atoms with Crippen LogP contribution in [0, 0.1) is 0 Å². The number of anilines is 1. The molecule has 5 nitrogen and oxygen atoms in total. The zero-order chi connectivity index (χ0) is 17.5. The number of rotatable bonds is 5. The van der Waals surface area contributed by atoms with Crippen LogP contribution < -0.4 is 10.6 Å². The molecule has 126 valence electrons. The molecule has 2 aromatic carbocycles. The Hall–Kier alpha value is -2.37. The zero-order valence-electron chi connectivity index (χ0n) is 13.3. The Morgan fingerprint density at radius 1 is 1.12 bits per heavy atom. The van der Waals surface area contributed by atoms with Gasteiger partial charge in [-0.15, -0.1) is 0 Å². The number of hydrogen-bond donors (Lipinski definition) is 3. The van der Waals surface area contributed by atoms with Gasteiger partial charge < -0.3 is 15.7 Å². The summed E-state index contributed by atoms with van der Waals surface area (Å²) in [4.78, 5) is 23.7. The van der Waals surface area contributed by atoms with E-state index in [9.17, 15) is 14.7 Å². The molecule has 0 saturated heterocycles. The molecule has 0 radical (unpaired) electrons. The molecule has 2 aromatic rings. The van der Waals surface area contributed by atoms with Gasteiger partial charge in [0.15, 0.2) is 0 Å². The van der Waals surface area contributed by atoms with E-state index in [1.807, 2.05) is 25.1 Å². The van der Waals surface area contributed by atoms with Crippen LogP contribution in [-0.2, 0) is 16.0 Å². The van der Waals surface area contributed by atoms with E-state index in [2.05, 4.69) is 10.6 Å². The molecule has 0 aliphatic carbocycles. The molecule has 3 N–H and O–H groups in total. The number of carbonyl (C=O) groups excluding carboxylic acids is 2. The van der Waals surface area contributed by atoms with E-state index in [4.69, 9.17) is 11.6 Å². The van der Waals surface area contributed by atoms with Gasteiger partial charge in [-0.2, -0.15) is 0 Å². The number of carbonyl (C=O) groups is 2. The Labute approximate surface area is 145 Å². The number of aryl methyl sites for hydroxylation is 1. The van der Waals surface area contributed by atoms with Crippen LogP contribution in [0.1, 0.15) is 24.2 Å². The molecular weight excluding hydrogens is 328 g/mol. The van der Waals surface area contributed by atoms with Crippen LogP contribution in [0.5, 0.6) is 0 Å². The minimum absolute atomic E-state index is 0.0666. The van der Waals surface area contributed by atoms with E-state index in [0.717, 1.165) is 12.0 Å². The van der Waals surface area contributed by atoms with E-state index in [-0.39, 0.29) is 6.54 Å². The molecule has 0 heterocycles. The molecule has 0 aliphatic rings. The van der Waals surface area contributed by atoms with Gasteiger partial charge in [0, 0.05) is 17.3 Å². The summed E-state index contributed by atoms with van der Waals surface area (Å²) in [5.74, 6) is -1.57. The fourth-order valence-electron chi connectivity index (χ4n) is 2.13. The Balaban J connectivity index is 1.87. The summed E-state index contributed by atoms with van der Waals surface area (Å²) in [7, 11) is 0. The van der Waals surface area contributed by atoms with E-state index >= 15 is 0 Å². The molecule has 2 rings (SSSR count). The fourth-order valence-corrected chi connectivity index (χ4v) is 2.26. The summed E-state index contributed by atoms with van der Waals surface area (Å²) in [5.41, 5.74) is 2.23. The first-order valence-corrected chi connectivity index (χ1v) is 7.99. The topological polar surface area (TPSA) is 78.4 Å². The Morgan fingerprint density at radius 2 is 1.83 bits per heavy atom. The third-order valence-corrected chi connectivity index (χ3v) is 3.76. The van der Waals surface area contributed by atoms with Crippen molar-refractivity contribution in [3.8, 4) is 0 Å². The van der Waals surface area contributed by atoms with E-state index in [0.29, 0.717) is 16.3 Å². The second kappa shape index (κ2) is 8.47. The minimum Gasteiger partial charge on any atom is -0.387 e. The van der Waals surface area contributed by atoms with Crippen LogP contribution in [0.15, 0.2) is 48.5 Å². The van der Waals surface area contributed by atoms with E-state index in [1.54, 1.807) is 30.3 Å². The van der Waals surface area contributed by atoms with Crippen molar-refractivity contribution in [2.45, 2.75) is 19.4 Å². The van der Waals surface area contributed by atoms with Gasteiger partial charge in [0.05, 0.1) is 6.10 Å². The number of benzene rings is 2. The summed E-state index contributed by atoms with van der Waals surface area (Å²) in [6.45, 7) is 1.94. The van der Waals surface area contributed by atoms with E-state index in [1.165, 1.54) is 0 Å². The van der Waals surface area contributed by atoms with Crippen LogP contribution in [-0.4, -0.2) is 23.5 Å². The summed E-state index contributed by atoms with van der Waals surface area (Å²) in [6.07, 6.45) is -0.0779. The molecule has 1 atom stereocenters. The number of aliphatic hydroxyl groups excluding tert-OH is 1. The van der Waals surface area contributed by atoms with Crippen LogP contribution in [0.25, 0.3) is 0 Å². The standard InChI is InChI=1S/C18H19ClN2O3/c1-2-12-4-3-5-15(10-12)21-18(24)17(23)20-11-16(22)13-6-8-14(19)9-7-13/h3-10,16,22H,2,11H2,1H3,(H,20,23)(H,21,24). The van der Waals surface area contributed by atoms with Crippen molar-refractivity contribution >= 4 is 29.1 Å². The Kier molecular flexibility index (Phi) is 6.35. The molecule has 0 aromatic heterocycles. The van der Waals surface area contributed by atoms with Crippen molar-refractivity contribution < 1.29 is 14.7 Å². The summed E-state index contributed by atoms with van der Waals surface area (Å²) in [5, 5.41) is 15.5. The van der Waals surface area contributed by atoms with Crippen molar-refractivity contribution in [2.24, 2.45) is 0 Å². The van der Waals surface area contributed by atoms with Gasteiger partial charge in [-0.3, -0.25) is 9.59 Å². The second-order valence-electron chi connectivity index (χ2n) is 5.29. The Bertz CT molecular complexity index is 716. The van der Waals surface area contributed by atoms with Crippen molar-refractivity contribution in [1.29, 1.82) is 0 Å². The molecule has 1 unspecified atom stereocenters. The van der Waals surface area contributed by atoms with Gasteiger partial charge in [-0.25, -0.2) is 0 Å². The van der Waals surface area contributed by atoms with Crippen molar-refractivity contribution in [2.75, 3.05) is 11.9 Å². The maximum Gasteiger partial charge on any atom is 0.313 e. The molecule has 24 heavy (non-hydrogen) atoms. The number of amides is 2. The maximum atomic E-state index is 11.9. The molecule has 0 saturated carbocycles. The van der Waals surface area contributed by atoms with Crippen LogP contribution in [0.2, 0.25) is 5.02 Å². The summed E-state index contributed by atoms with van der Waals surface area (Å²) >= 11 is 5.78. The first-order chi connectivity index (χ1) is 11.5. The molecule has 0 spiro atoms. The third kappa shape index (κ3) is 5.08. The average Bonchev–Trinajstić information content (AvgIpc) is 2.60.